The molecule has 0 saturated heterocycles. The van der Waals surface area contributed by atoms with Crippen LogP contribution in [0.5, 0.6) is 0 Å². The van der Waals surface area contributed by atoms with Crippen LogP contribution in [0.15, 0.2) is 18.2 Å². The normalized spacial score (nSPS) is 17.6. The zero-order valence-corrected chi connectivity index (χ0v) is 9.97. The Kier molecular flexibility index (Phi) is 3.55. The van der Waals surface area contributed by atoms with E-state index in [2.05, 4.69) is 0 Å². The summed E-state index contributed by atoms with van der Waals surface area (Å²) in [4.78, 5) is 0. The van der Waals surface area contributed by atoms with Gasteiger partial charge in [0.05, 0.1) is 0 Å². The van der Waals surface area contributed by atoms with Gasteiger partial charge in [-0.3, -0.25) is 0 Å². The first-order valence-corrected chi connectivity index (χ1v) is 5.22. The van der Waals surface area contributed by atoms with Crippen molar-refractivity contribution in [3.63, 3.8) is 0 Å². The number of aliphatic hydroxyl groups is 1. The average Bonchev–Trinajstić information content (AvgIpc) is 2.12. The van der Waals surface area contributed by atoms with Crippen molar-refractivity contribution in [1.82, 2.24) is 0 Å². The summed E-state index contributed by atoms with van der Waals surface area (Å²) in [5.41, 5.74) is 3.41. The maximum absolute atomic E-state index is 13.0. The van der Waals surface area contributed by atoms with Gasteiger partial charge in [-0.1, -0.05) is 29.3 Å². The first-order valence-electron chi connectivity index (χ1n) is 5.22. The predicted octanol–water partition coefficient (Wildman–Crippen LogP) is 2.40. The third-order valence-electron chi connectivity index (χ3n) is 2.75. The largest absolute Gasteiger partial charge is 0.422 e. The van der Waals surface area contributed by atoms with Crippen LogP contribution in [-0.4, -0.2) is 17.3 Å². The molecule has 0 spiro atoms. The summed E-state index contributed by atoms with van der Waals surface area (Å²) in [5.74, 6) is 0. The van der Waals surface area contributed by atoms with Gasteiger partial charge < -0.3 is 10.8 Å². The number of hydrogen-bond acceptors (Lipinski definition) is 2. The van der Waals surface area contributed by atoms with E-state index < -0.39 is 17.8 Å². The van der Waals surface area contributed by atoms with Crippen molar-refractivity contribution < 1.29 is 18.3 Å². The highest BCUT2D eigenvalue weighted by molar-refractivity contribution is 5.34. The van der Waals surface area contributed by atoms with Crippen LogP contribution < -0.4 is 5.73 Å². The lowest BCUT2D eigenvalue weighted by atomic mass is 9.85. The molecule has 0 radical (unpaired) electrons. The predicted molar refractivity (Wildman–Crippen MR) is 59.5 cm³/mol. The van der Waals surface area contributed by atoms with Crippen molar-refractivity contribution in [2.24, 2.45) is 5.73 Å². The van der Waals surface area contributed by atoms with Crippen LogP contribution in [0.3, 0.4) is 0 Å². The molecule has 1 aromatic carbocycles. The highest BCUT2D eigenvalue weighted by atomic mass is 19.4. The lowest BCUT2D eigenvalue weighted by Crippen LogP contribution is -2.54. The van der Waals surface area contributed by atoms with Gasteiger partial charge in [0, 0.05) is 6.04 Å². The second kappa shape index (κ2) is 4.31. The summed E-state index contributed by atoms with van der Waals surface area (Å²) in [6.07, 6.45) is -4.80. The quantitative estimate of drug-likeness (QED) is 0.843. The van der Waals surface area contributed by atoms with Crippen molar-refractivity contribution in [3.05, 3.63) is 34.9 Å². The number of halogens is 3. The van der Waals surface area contributed by atoms with E-state index in [0.717, 1.165) is 6.92 Å². The van der Waals surface area contributed by atoms with Gasteiger partial charge in [0.1, 0.15) is 0 Å². The Balaban J connectivity index is 3.43. The Hall–Kier alpha value is -1.07. The summed E-state index contributed by atoms with van der Waals surface area (Å²) in [7, 11) is 0. The van der Waals surface area contributed by atoms with Gasteiger partial charge in [-0.25, -0.2) is 0 Å². The van der Waals surface area contributed by atoms with Crippen LogP contribution in [-0.2, 0) is 5.60 Å². The fourth-order valence-electron chi connectivity index (χ4n) is 1.88. The standard InChI is InChI=1S/C12H16F3NO/c1-7-4-8(2)6-10(5-7)11(17,9(3)16)12(13,14)15/h4-6,9,17H,16H2,1-3H3. The molecule has 2 atom stereocenters. The minimum absolute atomic E-state index is 0.211. The van der Waals surface area contributed by atoms with Gasteiger partial charge in [0.2, 0.25) is 5.60 Å². The van der Waals surface area contributed by atoms with Crippen molar-refractivity contribution in [1.29, 1.82) is 0 Å². The second-order valence-corrected chi connectivity index (χ2v) is 4.43. The minimum atomic E-state index is -4.80. The summed E-state index contributed by atoms with van der Waals surface area (Å²) in [6.45, 7) is 4.49. The highest BCUT2D eigenvalue weighted by Gasteiger charge is 2.57. The van der Waals surface area contributed by atoms with Crippen molar-refractivity contribution in [2.45, 2.75) is 38.6 Å². The van der Waals surface area contributed by atoms with E-state index in [1.165, 1.54) is 12.1 Å². The molecule has 0 aromatic heterocycles. The van der Waals surface area contributed by atoms with Crippen molar-refractivity contribution in [3.8, 4) is 0 Å². The van der Waals surface area contributed by atoms with Gasteiger partial charge >= 0.3 is 6.18 Å². The lowest BCUT2D eigenvalue weighted by molar-refractivity contribution is -0.272. The maximum Gasteiger partial charge on any atom is 0.422 e. The molecule has 1 rings (SSSR count). The van der Waals surface area contributed by atoms with Gasteiger partial charge in [0.25, 0.3) is 0 Å². The van der Waals surface area contributed by atoms with Gasteiger partial charge in [-0.15, -0.1) is 0 Å². The fraction of sp³-hybridized carbons (Fsp3) is 0.500. The van der Waals surface area contributed by atoms with E-state index in [-0.39, 0.29) is 5.56 Å². The third kappa shape index (κ3) is 2.45. The van der Waals surface area contributed by atoms with Crippen LogP contribution >= 0.6 is 0 Å². The summed E-state index contributed by atoms with van der Waals surface area (Å²) in [6, 6.07) is 2.92. The Labute approximate surface area is 98.3 Å². The maximum atomic E-state index is 13.0. The Morgan fingerprint density at radius 3 is 1.82 bits per heavy atom. The molecule has 1 aromatic rings. The molecule has 5 heteroatoms. The molecule has 0 heterocycles. The molecular formula is C12H16F3NO. The van der Waals surface area contributed by atoms with Crippen LogP contribution in [0.1, 0.15) is 23.6 Å². The number of rotatable bonds is 2. The van der Waals surface area contributed by atoms with Crippen LogP contribution in [0, 0.1) is 13.8 Å². The van der Waals surface area contributed by atoms with E-state index in [0.29, 0.717) is 11.1 Å². The van der Waals surface area contributed by atoms with Gasteiger partial charge in [-0.2, -0.15) is 13.2 Å². The first-order chi connectivity index (χ1) is 7.59. The number of hydrogen-bond donors (Lipinski definition) is 2. The van der Waals surface area contributed by atoms with E-state index in [4.69, 9.17) is 5.73 Å². The first kappa shape index (κ1) is 14.0. The monoisotopic (exact) mass is 247 g/mol. The van der Waals surface area contributed by atoms with E-state index in [9.17, 15) is 18.3 Å². The topological polar surface area (TPSA) is 46.2 Å². The number of nitrogens with two attached hydrogens (primary N) is 1. The molecule has 0 amide bonds. The van der Waals surface area contributed by atoms with E-state index in [1.54, 1.807) is 19.9 Å². The molecule has 2 nitrogen and oxygen atoms in total. The smallest absolute Gasteiger partial charge is 0.375 e. The van der Waals surface area contributed by atoms with E-state index in [1.807, 2.05) is 0 Å². The Bertz CT molecular complexity index is 394. The SMILES string of the molecule is Cc1cc(C)cc(C(O)(C(C)N)C(F)(F)F)c1. The molecule has 96 valence electrons. The third-order valence-corrected chi connectivity index (χ3v) is 2.75. The lowest BCUT2D eigenvalue weighted by Gasteiger charge is -2.34. The number of alkyl halides is 3. The zero-order valence-electron chi connectivity index (χ0n) is 9.97. The van der Waals surface area contributed by atoms with Gasteiger partial charge in [0.15, 0.2) is 0 Å². The fourth-order valence-corrected chi connectivity index (χ4v) is 1.88. The van der Waals surface area contributed by atoms with Crippen LogP contribution in [0.2, 0.25) is 0 Å². The molecule has 0 fully saturated rings. The zero-order chi connectivity index (χ0) is 13.4. The van der Waals surface area contributed by atoms with Crippen LogP contribution in [0.25, 0.3) is 0 Å². The van der Waals surface area contributed by atoms with Gasteiger partial charge in [-0.05, 0) is 26.3 Å². The molecule has 0 bridgehead atoms. The number of benzene rings is 1. The average molecular weight is 247 g/mol. The summed E-state index contributed by atoms with van der Waals surface area (Å²) in [5, 5.41) is 9.90. The Morgan fingerprint density at radius 2 is 1.53 bits per heavy atom. The van der Waals surface area contributed by atoms with Crippen molar-refractivity contribution >= 4 is 0 Å². The molecular weight excluding hydrogens is 231 g/mol. The molecule has 3 N–H and O–H groups in total. The highest BCUT2D eigenvalue weighted by Crippen LogP contribution is 2.41. The van der Waals surface area contributed by atoms with Crippen molar-refractivity contribution in [2.75, 3.05) is 0 Å². The second-order valence-electron chi connectivity index (χ2n) is 4.43. The molecule has 2 unspecified atom stereocenters. The Morgan fingerprint density at radius 1 is 1.12 bits per heavy atom. The molecule has 0 saturated carbocycles. The number of aryl methyl sites for hydroxylation is 2. The van der Waals surface area contributed by atoms with Crippen LogP contribution in [0.4, 0.5) is 13.2 Å². The molecule has 17 heavy (non-hydrogen) atoms. The molecule has 0 aliphatic heterocycles. The summed E-state index contributed by atoms with van der Waals surface area (Å²) >= 11 is 0. The molecule has 0 aliphatic carbocycles. The summed E-state index contributed by atoms with van der Waals surface area (Å²) < 4.78 is 38.9. The van der Waals surface area contributed by atoms with E-state index >= 15 is 0 Å². The molecule has 0 aliphatic rings. The minimum Gasteiger partial charge on any atom is -0.375 e.